The first-order valence-corrected chi connectivity index (χ1v) is 10.3. The van der Waals surface area contributed by atoms with Gasteiger partial charge in [-0.1, -0.05) is 41.9 Å². The number of thioether (sulfide) groups is 1. The van der Waals surface area contributed by atoms with E-state index in [0.717, 1.165) is 26.9 Å². The first kappa shape index (κ1) is 19.5. The summed E-state index contributed by atoms with van der Waals surface area (Å²) in [5, 5.41) is 8.61. The second-order valence-corrected chi connectivity index (χ2v) is 7.34. The lowest BCUT2D eigenvalue weighted by molar-refractivity contribution is 0.799. The van der Waals surface area contributed by atoms with E-state index in [1.54, 1.807) is 18.0 Å². The average Bonchev–Trinajstić information content (AvgIpc) is 3.11. The molecule has 0 fully saturated rings. The lowest BCUT2D eigenvalue weighted by Crippen LogP contribution is -2.24. The molecule has 0 unspecified atom stereocenters. The molecule has 138 valence electrons. The number of hydrogen-bond donors (Lipinski definition) is 2. The Bertz CT molecular complexity index is 952. The van der Waals surface area contributed by atoms with Crippen LogP contribution in [0.2, 0.25) is 5.02 Å². The van der Waals surface area contributed by atoms with Crippen molar-refractivity contribution in [1.82, 2.24) is 9.99 Å². The zero-order valence-corrected chi connectivity index (χ0v) is 17.1. The second kappa shape index (κ2) is 9.60. The van der Waals surface area contributed by atoms with Crippen LogP contribution >= 0.6 is 35.6 Å². The summed E-state index contributed by atoms with van der Waals surface area (Å²) in [5.41, 5.74) is 5.84. The molecule has 3 rings (SSSR count). The Morgan fingerprint density at radius 1 is 1.15 bits per heavy atom. The molecule has 0 aliphatic heterocycles. The molecule has 2 aromatic carbocycles. The normalized spacial score (nSPS) is 10.9. The molecule has 0 radical (unpaired) electrons. The Morgan fingerprint density at radius 2 is 1.93 bits per heavy atom. The highest BCUT2D eigenvalue weighted by Crippen LogP contribution is 2.24. The minimum atomic E-state index is 0.442. The van der Waals surface area contributed by atoms with Crippen LogP contribution < -0.4 is 10.7 Å². The molecule has 0 saturated carbocycles. The van der Waals surface area contributed by atoms with Crippen molar-refractivity contribution in [3.8, 4) is 0 Å². The standard InChI is InChI=1S/C20H19ClN4S2/c1-27-19-11-5-4-10-18(19)23-20(26)24-22-13-16-8-6-12-25(16)14-15-7-2-3-9-17(15)21/h2-13H,14H2,1H3,(H2,23,24,26)/b22-13+. The van der Waals surface area contributed by atoms with Crippen LogP contribution in [0.1, 0.15) is 11.3 Å². The average molecular weight is 415 g/mol. The number of rotatable bonds is 6. The van der Waals surface area contributed by atoms with E-state index in [1.807, 2.05) is 73.1 Å². The smallest absolute Gasteiger partial charge is 0.191 e. The molecule has 0 saturated heterocycles. The van der Waals surface area contributed by atoms with E-state index in [0.29, 0.717) is 11.7 Å². The van der Waals surface area contributed by atoms with Crippen molar-refractivity contribution < 1.29 is 0 Å². The van der Waals surface area contributed by atoms with Crippen molar-refractivity contribution >= 4 is 52.6 Å². The maximum absolute atomic E-state index is 6.25. The molecule has 0 bridgehead atoms. The number of thiocarbonyl (C=S) groups is 1. The van der Waals surface area contributed by atoms with E-state index in [4.69, 9.17) is 23.8 Å². The number of halogens is 1. The van der Waals surface area contributed by atoms with Gasteiger partial charge in [0.2, 0.25) is 0 Å². The quantitative estimate of drug-likeness (QED) is 0.251. The number of anilines is 1. The Morgan fingerprint density at radius 3 is 2.74 bits per heavy atom. The monoisotopic (exact) mass is 414 g/mol. The highest BCUT2D eigenvalue weighted by molar-refractivity contribution is 7.98. The van der Waals surface area contributed by atoms with E-state index in [-0.39, 0.29) is 0 Å². The van der Waals surface area contributed by atoms with Crippen molar-refractivity contribution in [2.75, 3.05) is 11.6 Å². The fourth-order valence-electron chi connectivity index (χ4n) is 2.55. The molecule has 27 heavy (non-hydrogen) atoms. The Kier molecular flexibility index (Phi) is 6.92. The van der Waals surface area contributed by atoms with Crippen LogP contribution in [-0.4, -0.2) is 22.1 Å². The van der Waals surface area contributed by atoms with E-state index in [9.17, 15) is 0 Å². The van der Waals surface area contributed by atoms with Crippen LogP contribution in [-0.2, 0) is 6.54 Å². The van der Waals surface area contributed by atoms with Gasteiger partial charge >= 0.3 is 0 Å². The number of nitrogens with zero attached hydrogens (tertiary/aromatic N) is 2. The van der Waals surface area contributed by atoms with Gasteiger partial charge < -0.3 is 9.88 Å². The highest BCUT2D eigenvalue weighted by atomic mass is 35.5. The van der Waals surface area contributed by atoms with Crippen LogP contribution in [0.25, 0.3) is 0 Å². The van der Waals surface area contributed by atoms with E-state index >= 15 is 0 Å². The fourth-order valence-corrected chi connectivity index (χ4v) is 3.47. The van der Waals surface area contributed by atoms with Crippen molar-refractivity contribution in [1.29, 1.82) is 0 Å². The van der Waals surface area contributed by atoms with Gasteiger partial charge in [0.25, 0.3) is 0 Å². The first-order valence-electron chi connectivity index (χ1n) is 8.29. The molecule has 3 aromatic rings. The third-order valence-corrected chi connectivity index (χ3v) is 5.24. The zero-order chi connectivity index (χ0) is 19.1. The summed E-state index contributed by atoms with van der Waals surface area (Å²) < 4.78 is 2.08. The van der Waals surface area contributed by atoms with Crippen LogP contribution in [0.5, 0.6) is 0 Å². The Balaban J connectivity index is 1.61. The molecule has 1 heterocycles. The molecular weight excluding hydrogens is 396 g/mol. The molecule has 0 atom stereocenters. The summed E-state index contributed by atoms with van der Waals surface area (Å²) in [6.45, 7) is 0.678. The van der Waals surface area contributed by atoms with Crippen LogP contribution in [0, 0.1) is 0 Å². The third kappa shape index (κ3) is 5.35. The maximum Gasteiger partial charge on any atom is 0.191 e. The predicted octanol–water partition coefficient (Wildman–Crippen LogP) is 5.23. The number of para-hydroxylation sites is 1. The number of aromatic nitrogens is 1. The largest absolute Gasteiger partial charge is 0.342 e. The molecule has 1 aromatic heterocycles. The van der Waals surface area contributed by atoms with Gasteiger partial charge in [0.05, 0.1) is 17.6 Å². The number of nitrogens with one attached hydrogen (secondary N) is 2. The Labute approximate surface area is 173 Å². The minimum Gasteiger partial charge on any atom is -0.342 e. The van der Waals surface area contributed by atoms with Gasteiger partial charge in [-0.15, -0.1) is 11.8 Å². The van der Waals surface area contributed by atoms with Gasteiger partial charge in [-0.2, -0.15) is 5.10 Å². The molecule has 4 nitrogen and oxygen atoms in total. The van der Waals surface area contributed by atoms with Gasteiger partial charge in [0.1, 0.15) is 0 Å². The molecular formula is C20H19ClN4S2. The summed E-state index contributed by atoms with van der Waals surface area (Å²) in [4.78, 5) is 1.12. The van der Waals surface area contributed by atoms with Crippen LogP contribution in [0.3, 0.4) is 0 Å². The lowest BCUT2D eigenvalue weighted by atomic mass is 10.2. The van der Waals surface area contributed by atoms with Crippen LogP contribution in [0.15, 0.2) is 76.9 Å². The van der Waals surface area contributed by atoms with Crippen molar-refractivity contribution in [2.45, 2.75) is 11.4 Å². The van der Waals surface area contributed by atoms with Crippen molar-refractivity contribution in [2.24, 2.45) is 5.10 Å². The summed E-state index contributed by atoms with van der Waals surface area (Å²) >= 11 is 13.2. The highest BCUT2D eigenvalue weighted by Gasteiger charge is 2.04. The van der Waals surface area contributed by atoms with Gasteiger partial charge in [-0.3, -0.25) is 5.43 Å². The maximum atomic E-state index is 6.25. The summed E-state index contributed by atoms with van der Waals surface area (Å²) in [7, 11) is 0. The topological polar surface area (TPSA) is 41.4 Å². The van der Waals surface area contributed by atoms with E-state index in [1.165, 1.54) is 0 Å². The van der Waals surface area contributed by atoms with Gasteiger partial charge in [-0.25, -0.2) is 0 Å². The fraction of sp³-hybridized carbons (Fsp3) is 0.100. The summed E-state index contributed by atoms with van der Waals surface area (Å²) in [6.07, 6.45) is 5.77. The van der Waals surface area contributed by atoms with Crippen molar-refractivity contribution in [3.63, 3.8) is 0 Å². The lowest BCUT2D eigenvalue weighted by Gasteiger charge is -2.10. The molecule has 0 aliphatic rings. The third-order valence-electron chi connectivity index (χ3n) is 3.88. The van der Waals surface area contributed by atoms with E-state index < -0.39 is 0 Å². The summed E-state index contributed by atoms with van der Waals surface area (Å²) in [6, 6.07) is 19.8. The number of hydrazone groups is 1. The number of hydrogen-bond acceptors (Lipinski definition) is 3. The molecule has 0 aliphatic carbocycles. The van der Waals surface area contributed by atoms with Crippen LogP contribution in [0.4, 0.5) is 5.69 Å². The Hall–Kier alpha value is -2.28. The minimum absolute atomic E-state index is 0.442. The van der Waals surface area contributed by atoms with Gasteiger partial charge in [0.15, 0.2) is 5.11 Å². The molecule has 2 N–H and O–H groups in total. The molecule has 7 heteroatoms. The van der Waals surface area contributed by atoms with Gasteiger partial charge in [0, 0.05) is 22.7 Å². The summed E-state index contributed by atoms with van der Waals surface area (Å²) in [5.74, 6) is 0. The van der Waals surface area contributed by atoms with Gasteiger partial charge in [-0.05, 0) is 54.4 Å². The number of benzene rings is 2. The SMILES string of the molecule is CSc1ccccc1NC(=S)N/N=C/c1cccn1Cc1ccccc1Cl. The van der Waals surface area contributed by atoms with Crippen molar-refractivity contribution in [3.05, 3.63) is 83.1 Å². The predicted molar refractivity (Wildman–Crippen MR) is 120 cm³/mol. The second-order valence-electron chi connectivity index (χ2n) is 5.68. The molecule has 0 amide bonds. The first-order chi connectivity index (χ1) is 13.2. The zero-order valence-electron chi connectivity index (χ0n) is 14.7. The van der Waals surface area contributed by atoms with E-state index in [2.05, 4.69) is 20.4 Å². The molecule has 0 spiro atoms.